The first-order valence-electron chi connectivity index (χ1n) is 12.6. The largest absolute Gasteiger partial charge is 0.436 e. The predicted molar refractivity (Wildman–Crippen MR) is 140 cm³/mol. The second-order valence-corrected chi connectivity index (χ2v) is 9.71. The molecule has 0 radical (unpaired) electrons. The molecule has 0 unspecified atom stereocenters. The number of rotatable bonds is 6. The summed E-state index contributed by atoms with van der Waals surface area (Å²) in [6.07, 6.45) is 2.14. The van der Waals surface area contributed by atoms with Gasteiger partial charge in [-0.05, 0) is 68.5 Å². The Bertz CT molecular complexity index is 1350. The van der Waals surface area contributed by atoms with Crippen LogP contribution in [0.2, 0.25) is 0 Å². The molecule has 1 aromatic heterocycles. The number of carbonyl (C=O) groups is 2. The highest BCUT2D eigenvalue weighted by Crippen LogP contribution is 2.27. The number of aryl methyl sites for hydroxylation is 1. The van der Waals surface area contributed by atoms with Gasteiger partial charge < -0.3 is 14.6 Å². The second-order valence-electron chi connectivity index (χ2n) is 9.71. The molecule has 3 aromatic carbocycles. The normalized spacial score (nSPS) is 15.1. The number of nitrogens with zero attached hydrogens (tertiary/aromatic N) is 2. The number of piperidine rings is 1. The third-order valence-corrected chi connectivity index (χ3v) is 6.99. The van der Waals surface area contributed by atoms with Crippen LogP contribution in [0.15, 0.2) is 77.2 Å². The maximum Gasteiger partial charge on any atom is 0.253 e. The van der Waals surface area contributed by atoms with Crippen LogP contribution in [0.3, 0.4) is 0 Å². The Morgan fingerprint density at radius 1 is 1.03 bits per heavy atom. The Labute approximate surface area is 211 Å². The summed E-state index contributed by atoms with van der Waals surface area (Å²) in [5.74, 6) is 0.900. The van der Waals surface area contributed by atoms with Gasteiger partial charge in [0.25, 0.3) is 5.91 Å². The predicted octanol–water partition coefficient (Wildman–Crippen LogP) is 5.92. The molecule has 36 heavy (non-hydrogen) atoms. The van der Waals surface area contributed by atoms with Crippen molar-refractivity contribution in [3.05, 3.63) is 89.5 Å². The smallest absolute Gasteiger partial charge is 0.253 e. The first kappa shape index (κ1) is 23.8. The van der Waals surface area contributed by atoms with E-state index in [1.54, 1.807) is 6.07 Å². The maximum atomic E-state index is 13.2. The average Bonchev–Trinajstić information content (AvgIpc) is 3.33. The van der Waals surface area contributed by atoms with E-state index < -0.39 is 0 Å². The van der Waals surface area contributed by atoms with Crippen molar-refractivity contribution < 1.29 is 14.0 Å². The molecule has 1 saturated heterocycles. The highest BCUT2D eigenvalue weighted by atomic mass is 16.3. The van der Waals surface area contributed by atoms with Gasteiger partial charge in [0.15, 0.2) is 5.58 Å². The van der Waals surface area contributed by atoms with Gasteiger partial charge in [-0.3, -0.25) is 9.59 Å². The molecular weight excluding hydrogens is 450 g/mol. The fourth-order valence-corrected chi connectivity index (χ4v) is 4.79. The molecule has 1 fully saturated rings. The van der Waals surface area contributed by atoms with Crippen LogP contribution < -0.4 is 5.32 Å². The Hall–Kier alpha value is -3.93. The van der Waals surface area contributed by atoms with Gasteiger partial charge in [0.2, 0.25) is 11.8 Å². The van der Waals surface area contributed by atoms with Crippen molar-refractivity contribution in [1.29, 1.82) is 0 Å². The topological polar surface area (TPSA) is 75.4 Å². The Kier molecular flexibility index (Phi) is 6.85. The number of amides is 2. The Balaban J connectivity index is 1.17. The van der Waals surface area contributed by atoms with E-state index in [1.165, 1.54) is 5.56 Å². The van der Waals surface area contributed by atoms with Gasteiger partial charge >= 0.3 is 0 Å². The summed E-state index contributed by atoms with van der Waals surface area (Å²) in [4.78, 5) is 32.2. The number of carbonyl (C=O) groups excluding carboxylic acids is 2. The lowest BCUT2D eigenvalue weighted by atomic mass is 9.92. The lowest BCUT2D eigenvalue weighted by Gasteiger charge is -2.32. The number of likely N-dealkylation sites (tertiary alicyclic amines) is 1. The van der Waals surface area contributed by atoms with Crippen molar-refractivity contribution >= 4 is 22.9 Å². The first-order chi connectivity index (χ1) is 17.5. The molecule has 5 rings (SSSR count). The summed E-state index contributed by atoms with van der Waals surface area (Å²) in [6, 6.07) is 23.4. The van der Waals surface area contributed by atoms with E-state index in [2.05, 4.69) is 10.3 Å². The summed E-state index contributed by atoms with van der Waals surface area (Å²) < 4.78 is 5.91. The lowest BCUT2D eigenvalue weighted by molar-refractivity contribution is -0.122. The minimum absolute atomic E-state index is 0.00242. The van der Waals surface area contributed by atoms with E-state index >= 15 is 0 Å². The van der Waals surface area contributed by atoms with Gasteiger partial charge in [0, 0.05) is 30.6 Å². The van der Waals surface area contributed by atoms with Crippen LogP contribution in [0.4, 0.5) is 0 Å². The van der Waals surface area contributed by atoms with E-state index in [0.29, 0.717) is 42.1 Å². The van der Waals surface area contributed by atoms with E-state index in [0.717, 1.165) is 24.0 Å². The third kappa shape index (κ3) is 5.33. The second kappa shape index (κ2) is 10.4. The number of hydrogen-bond donors (Lipinski definition) is 1. The number of nitrogens with one attached hydrogen (secondary N) is 1. The van der Waals surface area contributed by atoms with Crippen molar-refractivity contribution in [3.63, 3.8) is 0 Å². The van der Waals surface area contributed by atoms with Gasteiger partial charge in [-0.15, -0.1) is 0 Å². The summed E-state index contributed by atoms with van der Waals surface area (Å²) in [6.45, 7) is 5.34. The quantitative estimate of drug-likeness (QED) is 0.371. The summed E-state index contributed by atoms with van der Waals surface area (Å²) in [5.41, 5.74) is 5.13. The molecule has 2 amide bonds. The number of benzene rings is 3. The van der Waals surface area contributed by atoms with Crippen LogP contribution in [0, 0.1) is 12.8 Å². The van der Waals surface area contributed by atoms with Gasteiger partial charge in [-0.25, -0.2) is 4.98 Å². The summed E-state index contributed by atoms with van der Waals surface area (Å²) >= 11 is 0. The SMILES string of the molecule is Cc1ccc(-c2nc3cc(C(=O)N4CCC(CC(=O)N[C@@H](C)c5ccccc5)CC4)ccc3o2)cc1. The average molecular weight is 482 g/mol. The highest BCUT2D eigenvalue weighted by molar-refractivity contribution is 5.97. The minimum Gasteiger partial charge on any atom is -0.436 e. The van der Waals surface area contributed by atoms with Crippen LogP contribution in [-0.2, 0) is 4.79 Å². The van der Waals surface area contributed by atoms with E-state index in [-0.39, 0.29) is 23.8 Å². The molecule has 4 aromatic rings. The van der Waals surface area contributed by atoms with E-state index in [4.69, 9.17) is 4.42 Å². The van der Waals surface area contributed by atoms with E-state index in [1.807, 2.05) is 85.5 Å². The molecule has 0 bridgehead atoms. The molecule has 1 atom stereocenters. The van der Waals surface area contributed by atoms with Gasteiger partial charge in [-0.1, -0.05) is 48.0 Å². The van der Waals surface area contributed by atoms with Crippen LogP contribution in [-0.4, -0.2) is 34.8 Å². The molecule has 6 nitrogen and oxygen atoms in total. The fourth-order valence-electron chi connectivity index (χ4n) is 4.79. The zero-order valence-corrected chi connectivity index (χ0v) is 20.7. The van der Waals surface area contributed by atoms with Crippen LogP contribution in [0.25, 0.3) is 22.6 Å². The Morgan fingerprint density at radius 2 is 1.75 bits per heavy atom. The van der Waals surface area contributed by atoms with Crippen LogP contribution >= 0.6 is 0 Å². The number of fused-ring (bicyclic) bond motifs is 1. The molecule has 0 spiro atoms. The Morgan fingerprint density at radius 3 is 2.47 bits per heavy atom. The zero-order chi connectivity index (χ0) is 25.1. The van der Waals surface area contributed by atoms with Crippen molar-refractivity contribution in [3.8, 4) is 11.5 Å². The van der Waals surface area contributed by atoms with Crippen molar-refractivity contribution in [2.24, 2.45) is 5.92 Å². The molecule has 1 aliphatic rings. The lowest BCUT2D eigenvalue weighted by Crippen LogP contribution is -2.39. The molecule has 184 valence electrons. The minimum atomic E-state index is -0.0154. The summed E-state index contributed by atoms with van der Waals surface area (Å²) in [5, 5.41) is 3.10. The molecular formula is C30H31N3O3. The molecule has 1 N–H and O–H groups in total. The standard InChI is InChI=1S/C30H31N3O3/c1-20-8-10-24(11-9-20)29-32-26-19-25(12-13-27(26)36-29)30(35)33-16-14-22(15-17-33)18-28(34)31-21(2)23-6-4-3-5-7-23/h3-13,19,21-22H,14-18H2,1-2H3,(H,31,34)/t21-/m0/s1. The van der Waals surface area contributed by atoms with Crippen molar-refractivity contribution in [1.82, 2.24) is 15.2 Å². The highest BCUT2D eigenvalue weighted by Gasteiger charge is 2.26. The van der Waals surface area contributed by atoms with Gasteiger partial charge in [-0.2, -0.15) is 0 Å². The van der Waals surface area contributed by atoms with Crippen molar-refractivity contribution in [2.45, 2.75) is 39.2 Å². The summed E-state index contributed by atoms with van der Waals surface area (Å²) in [7, 11) is 0. The molecule has 6 heteroatoms. The molecule has 0 saturated carbocycles. The van der Waals surface area contributed by atoms with E-state index in [9.17, 15) is 9.59 Å². The fraction of sp³-hybridized carbons (Fsp3) is 0.300. The zero-order valence-electron chi connectivity index (χ0n) is 20.7. The monoisotopic (exact) mass is 481 g/mol. The van der Waals surface area contributed by atoms with Gasteiger partial charge in [0.05, 0.1) is 6.04 Å². The third-order valence-electron chi connectivity index (χ3n) is 6.99. The first-order valence-corrected chi connectivity index (χ1v) is 12.6. The van der Waals surface area contributed by atoms with Crippen LogP contribution in [0.5, 0.6) is 0 Å². The molecule has 1 aliphatic heterocycles. The maximum absolute atomic E-state index is 13.2. The molecule has 0 aliphatic carbocycles. The van der Waals surface area contributed by atoms with Crippen molar-refractivity contribution in [2.75, 3.05) is 13.1 Å². The number of aromatic nitrogens is 1. The number of oxazole rings is 1. The van der Waals surface area contributed by atoms with Gasteiger partial charge in [0.1, 0.15) is 5.52 Å². The molecule has 2 heterocycles. The van der Waals surface area contributed by atoms with Crippen LogP contribution in [0.1, 0.15) is 53.7 Å². The number of hydrogen-bond acceptors (Lipinski definition) is 4.